The maximum atomic E-state index is 13.8. The van der Waals surface area contributed by atoms with E-state index in [0.717, 1.165) is 31.0 Å². The molecular formula is C13H17F2NO. The molecule has 1 unspecified atom stereocenters. The number of halogens is 2. The van der Waals surface area contributed by atoms with E-state index in [1.54, 1.807) is 4.90 Å². The summed E-state index contributed by atoms with van der Waals surface area (Å²) >= 11 is 0. The minimum atomic E-state index is -1.28. The van der Waals surface area contributed by atoms with Crippen molar-refractivity contribution in [1.82, 2.24) is 4.90 Å². The summed E-state index contributed by atoms with van der Waals surface area (Å²) in [5, 5.41) is 10.6. The molecule has 4 heteroatoms. The van der Waals surface area contributed by atoms with Crippen LogP contribution in [0.15, 0.2) is 18.2 Å². The standard InChI is InChI=1S/C13H17F2NO/c1-16(2)8-13(17,9-3-4-9)11-7-10(14)5-6-12(11)15/h5-7,9,17H,3-4,8H2,1-2H3. The molecule has 1 N–H and O–H groups in total. The van der Waals surface area contributed by atoms with Gasteiger partial charge in [0, 0.05) is 12.1 Å². The zero-order valence-corrected chi connectivity index (χ0v) is 10.1. The molecule has 0 radical (unpaired) electrons. The van der Waals surface area contributed by atoms with Crippen molar-refractivity contribution in [2.24, 2.45) is 5.92 Å². The average Bonchev–Trinajstić information content (AvgIpc) is 3.04. The Morgan fingerprint density at radius 1 is 1.35 bits per heavy atom. The Bertz CT molecular complexity index is 418. The van der Waals surface area contributed by atoms with Crippen LogP contribution in [0, 0.1) is 17.6 Å². The Balaban J connectivity index is 2.41. The number of benzene rings is 1. The summed E-state index contributed by atoms with van der Waals surface area (Å²) < 4.78 is 27.0. The molecule has 0 saturated heterocycles. The van der Waals surface area contributed by atoms with Crippen LogP contribution in [0.25, 0.3) is 0 Å². The van der Waals surface area contributed by atoms with Crippen LogP contribution < -0.4 is 0 Å². The molecule has 0 bridgehead atoms. The van der Waals surface area contributed by atoms with Crippen molar-refractivity contribution in [3.8, 4) is 0 Å². The van der Waals surface area contributed by atoms with Crippen molar-refractivity contribution < 1.29 is 13.9 Å². The predicted octanol–water partition coefficient (Wildman–Crippen LogP) is 2.12. The van der Waals surface area contributed by atoms with Crippen molar-refractivity contribution in [2.75, 3.05) is 20.6 Å². The van der Waals surface area contributed by atoms with Gasteiger partial charge in [0.15, 0.2) is 0 Å². The van der Waals surface area contributed by atoms with E-state index < -0.39 is 17.2 Å². The van der Waals surface area contributed by atoms with Gasteiger partial charge in [0.05, 0.1) is 0 Å². The van der Waals surface area contributed by atoms with E-state index in [2.05, 4.69) is 0 Å². The highest BCUT2D eigenvalue weighted by atomic mass is 19.1. The molecule has 0 amide bonds. The second-order valence-electron chi connectivity index (χ2n) is 5.06. The molecule has 0 spiro atoms. The van der Waals surface area contributed by atoms with Gasteiger partial charge in [-0.25, -0.2) is 8.78 Å². The molecule has 1 aromatic rings. The van der Waals surface area contributed by atoms with E-state index >= 15 is 0 Å². The summed E-state index contributed by atoms with van der Waals surface area (Å²) in [5.41, 5.74) is -1.20. The third kappa shape index (κ3) is 2.48. The maximum Gasteiger partial charge on any atom is 0.129 e. The van der Waals surface area contributed by atoms with Gasteiger partial charge in [0.25, 0.3) is 0 Å². The quantitative estimate of drug-likeness (QED) is 0.873. The first-order valence-corrected chi connectivity index (χ1v) is 5.76. The molecule has 17 heavy (non-hydrogen) atoms. The van der Waals surface area contributed by atoms with E-state index in [1.807, 2.05) is 14.1 Å². The molecule has 0 aromatic heterocycles. The molecule has 94 valence electrons. The van der Waals surface area contributed by atoms with E-state index in [4.69, 9.17) is 0 Å². The second-order valence-corrected chi connectivity index (χ2v) is 5.06. The summed E-state index contributed by atoms with van der Waals surface area (Å²) in [6, 6.07) is 3.26. The van der Waals surface area contributed by atoms with Gasteiger partial charge in [-0.2, -0.15) is 0 Å². The van der Waals surface area contributed by atoms with Crippen LogP contribution in [0.2, 0.25) is 0 Å². The third-order valence-corrected chi connectivity index (χ3v) is 3.20. The average molecular weight is 241 g/mol. The number of likely N-dealkylation sites (N-methyl/N-ethyl adjacent to an activating group) is 1. The molecule has 1 aliphatic rings. The van der Waals surface area contributed by atoms with E-state index in [0.29, 0.717) is 6.54 Å². The Labute approximate surface area is 99.9 Å². The predicted molar refractivity (Wildman–Crippen MR) is 61.5 cm³/mol. The molecule has 1 aromatic carbocycles. The zero-order chi connectivity index (χ0) is 12.6. The zero-order valence-electron chi connectivity index (χ0n) is 10.1. The van der Waals surface area contributed by atoms with Gasteiger partial charge in [-0.3, -0.25) is 0 Å². The van der Waals surface area contributed by atoms with Gasteiger partial charge in [-0.05, 0) is 51.1 Å². The summed E-state index contributed by atoms with van der Waals surface area (Å²) in [6.07, 6.45) is 1.72. The van der Waals surface area contributed by atoms with Crippen LogP contribution in [0.5, 0.6) is 0 Å². The highest BCUT2D eigenvalue weighted by Crippen LogP contribution is 2.46. The van der Waals surface area contributed by atoms with Gasteiger partial charge in [-0.1, -0.05) is 0 Å². The summed E-state index contributed by atoms with van der Waals surface area (Å²) in [4.78, 5) is 1.79. The van der Waals surface area contributed by atoms with Crippen LogP contribution in [0.3, 0.4) is 0 Å². The number of hydrogen-bond acceptors (Lipinski definition) is 2. The number of aliphatic hydroxyl groups is 1. The Kier molecular flexibility index (Phi) is 3.19. The fraction of sp³-hybridized carbons (Fsp3) is 0.538. The second kappa shape index (κ2) is 4.35. The van der Waals surface area contributed by atoms with Crippen LogP contribution >= 0.6 is 0 Å². The first kappa shape index (κ1) is 12.5. The highest BCUT2D eigenvalue weighted by Gasteiger charge is 2.46. The van der Waals surface area contributed by atoms with Gasteiger partial charge in [-0.15, -0.1) is 0 Å². The molecule has 2 rings (SSSR count). The summed E-state index contributed by atoms with van der Waals surface area (Å²) in [7, 11) is 3.62. The molecule has 1 saturated carbocycles. The lowest BCUT2D eigenvalue weighted by Crippen LogP contribution is -2.40. The Morgan fingerprint density at radius 2 is 2.00 bits per heavy atom. The Hall–Kier alpha value is -1.00. The lowest BCUT2D eigenvalue weighted by atomic mass is 9.87. The lowest BCUT2D eigenvalue weighted by Gasteiger charge is -2.32. The minimum absolute atomic E-state index is 0.0289. The molecule has 0 heterocycles. The lowest BCUT2D eigenvalue weighted by molar-refractivity contribution is -0.0132. The number of nitrogens with zero attached hydrogens (tertiary/aromatic N) is 1. The largest absolute Gasteiger partial charge is 0.383 e. The molecule has 2 nitrogen and oxygen atoms in total. The van der Waals surface area contributed by atoms with Gasteiger partial charge in [0.1, 0.15) is 17.2 Å². The van der Waals surface area contributed by atoms with Gasteiger partial charge in [0.2, 0.25) is 0 Å². The number of rotatable bonds is 4. The van der Waals surface area contributed by atoms with Crippen molar-refractivity contribution in [2.45, 2.75) is 18.4 Å². The van der Waals surface area contributed by atoms with Crippen LogP contribution in [0.4, 0.5) is 8.78 Å². The smallest absolute Gasteiger partial charge is 0.129 e. The van der Waals surface area contributed by atoms with Crippen molar-refractivity contribution >= 4 is 0 Å². The SMILES string of the molecule is CN(C)CC(O)(c1cc(F)ccc1F)C1CC1. The Morgan fingerprint density at radius 3 is 2.53 bits per heavy atom. The molecule has 1 atom stereocenters. The van der Waals surface area contributed by atoms with Crippen molar-refractivity contribution in [3.05, 3.63) is 35.4 Å². The first-order valence-electron chi connectivity index (χ1n) is 5.76. The van der Waals surface area contributed by atoms with Crippen molar-refractivity contribution in [3.63, 3.8) is 0 Å². The third-order valence-electron chi connectivity index (χ3n) is 3.20. The number of hydrogen-bond donors (Lipinski definition) is 1. The topological polar surface area (TPSA) is 23.5 Å². The van der Waals surface area contributed by atoms with Crippen molar-refractivity contribution in [1.29, 1.82) is 0 Å². The molecule has 1 fully saturated rings. The van der Waals surface area contributed by atoms with E-state index in [-0.39, 0.29) is 11.5 Å². The fourth-order valence-electron chi connectivity index (χ4n) is 2.31. The highest BCUT2D eigenvalue weighted by molar-refractivity contribution is 5.28. The molecular weight excluding hydrogens is 224 g/mol. The first-order chi connectivity index (χ1) is 7.93. The maximum absolute atomic E-state index is 13.8. The van der Waals surface area contributed by atoms with Crippen LogP contribution in [-0.4, -0.2) is 30.6 Å². The summed E-state index contributed by atoms with van der Waals surface area (Å²) in [5.74, 6) is -1.02. The van der Waals surface area contributed by atoms with Gasteiger partial charge < -0.3 is 10.0 Å². The minimum Gasteiger partial charge on any atom is -0.383 e. The normalized spacial score (nSPS) is 19.4. The molecule has 0 aliphatic heterocycles. The van der Waals surface area contributed by atoms with Crippen LogP contribution in [-0.2, 0) is 5.60 Å². The monoisotopic (exact) mass is 241 g/mol. The van der Waals surface area contributed by atoms with Crippen LogP contribution in [0.1, 0.15) is 18.4 Å². The van der Waals surface area contributed by atoms with E-state index in [9.17, 15) is 13.9 Å². The van der Waals surface area contributed by atoms with Gasteiger partial charge >= 0.3 is 0 Å². The summed E-state index contributed by atoms with van der Waals surface area (Å²) in [6.45, 7) is 0.304. The van der Waals surface area contributed by atoms with E-state index in [1.165, 1.54) is 0 Å². The fourth-order valence-corrected chi connectivity index (χ4v) is 2.31. The molecule has 1 aliphatic carbocycles.